The van der Waals surface area contributed by atoms with E-state index in [1.54, 1.807) is 4.90 Å². The molecule has 3 nitrogen and oxygen atoms in total. The molecule has 6 atom stereocenters. The van der Waals surface area contributed by atoms with E-state index in [4.69, 9.17) is 0 Å². The van der Waals surface area contributed by atoms with Gasteiger partial charge in [-0.25, -0.2) is 0 Å². The molecule has 1 heterocycles. The van der Waals surface area contributed by atoms with Gasteiger partial charge in [0.2, 0.25) is 11.8 Å². The highest BCUT2D eigenvalue weighted by atomic mass is 16.2. The van der Waals surface area contributed by atoms with Crippen molar-refractivity contribution in [3.63, 3.8) is 0 Å². The van der Waals surface area contributed by atoms with Crippen LogP contribution in [0.5, 0.6) is 0 Å². The second kappa shape index (κ2) is 3.75. The Hall–Kier alpha value is -1.12. The van der Waals surface area contributed by atoms with Crippen LogP contribution in [0.2, 0.25) is 0 Å². The van der Waals surface area contributed by atoms with Crippen molar-refractivity contribution in [2.24, 2.45) is 35.5 Å². The van der Waals surface area contributed by atoms with E-state index in [9.17, 15) is 9.59 Å². The summed E-state index contributed by atoms with van der Waals surface area (Å²) in [5.74, 6) is 2.54. The van der Waals surface area contributed by atoms with E-state index < -0.39 is 0 Å². The van der Waals surface area contributed by atoms with Gasteiger partial charge in [0.25, 0.3) is 0 Å². The molecule has 3 heteroatoms. The summed E-state index contributed by atoms with van der Waals surface area (Å²) in [6.45, 7) is 0. The first-order valence-electron chi connectivity index (χ1n) is 8.32. The Balaban J connectivity index is 1.50. The van der Waals surface area contributed by atoms with Crippen LogP contribution >= 0.6 is 0 Å². The maximum absolute atomic E-state index is 12.9. The van der Waals surface area contributed by atoms with Gasteiger partial charge in [0.05, 0.1) is 11.8 Å². The summed E-state index contributed by atoms with van der Waals surface area (Å²) in [5.41, 5.74) is 0. The normalized spacial score (nSPS) is 49.5. The Morgan fingerprint density at radius 3 is 1.95 bits per heavy atom. The van der Waals surface area contributed by atoms with E-state index in [1.165, 1.54) is 25.7 Å². The van der Waals surface area contributed by atoms with E-state index in [2.05, 4.69) is 12.2 Å². The van der Waals surface area contributed by atoms with Gasteiger partial charge < -0.3 is 0 Å². The van der Waals surface area contributed by atoms with Gasteiger partial charge >= 0.3 is 0 Å². The van der Waals surface area contributed by atoms with E-state index in [1.807, 2.05) is 0 Å². The molecule has 0 aromatic rings. The summed E-state index contributed by atoms with van der Waals surface area (Å²) in [4.78, 5) is 27.5. The lowest BCUT2D eigenvalue weighted by atomic mass is 9.63. The standard InChI is InChI=1S/C17H21NO2/c19-16-14-10-6-7-11(13-8-12(10)13)15(14)17(20)18(16)9-4-2-1-3-5-9/h6-7,9-15H,1-5,8H2. The third-order valence-corrected chi connectivity index (χ3v) is 6.64. The predicted octanol–water partition coefficient (Wildman–Crippen LogP) is 2.37. The number of imide groups is 1. The van der Waals surface area contributed by atoms with Crippen LogP contribution in [-0.2, 0) is 9.59 Å². The SMILES string of the molecule is O=C1C2C3C=CC(C4CC34)C2C(=O)N1C1CCCCC1. The number of carbonyl (C=O) groups excluding carboxylic acids is 2. The number of nitrogens with zero attached hydrogens (tertiary/aromatic N) is 1. The lowest BCUT2D eigenvalue weighted by molar-refractivity contribution is -0.143. The summed E-state index contributed by atoms with van der Waals surface area (Å²) >= 11 is 0. The van der Waals surface area contributed by atoms with Gasteiger partial charge in [0.1, 0.15) is 0 Å². The zero-order valence-corrected chi connectivity index (χ0v) is 11.7. The molecular weight excluding hydrogens is 250 g/mol. The maximum Gasteiger partial charge on any atom is 0.233 e. The number of allylic oxidation sites excluding steroid dienone is 2. The van der Waals surface area contributed by atoms with Gasteiger partial charge in [-0.05, 0) is 42.9 Å². The molecule has 106 valence electrons. The molecule has 0 aromatic carbocycles. The fourth-order valence-corrected chi connectivity index (χ4v) is 5.68. The highest BCUT2D eigenvalue weighted by Crippen LogP contribution is 2.65. The molecule has 0 radical (unpaired) electrons. The largest absolute Gasteiger partial charge is 0.279 e. The highest BCUT2D eigenvalue weighted by molar-refractivity contribution is 6.06. The third-order valence-electron chi connectivity index (χ3n) is 6.64. The van der Waals surface area contributed by atoms with Gasteiger partial charge in [0.15, 0.2) is 0 Å². The molecule has 0 N–H and O–H groups in total. The van der Waals surface area contributed by atoms with Crippen LogP contribution in [0.15, 0.2) is 12.2 Å². The molecule has 0 spiro atoms. The number of amides is 2. The Labute approximate surface area is 119 Å². The van der Waals surface area contributed by atoms with E-state index in [0.29, 0.717) is 23.7 Å². The summed E-state index contributed by atoms with van der Waals surface area (Å²) in [6, 6.07) is 0.213. The Morgan fingerprint density at radius 2 is 1.40 bits per heavy atom. The molecule has 1 aliphatic heterocycles. The maximum atomic E-state index is 12.9. The monoisotopic (exact) mass is 271 g/mol. The lowest BCUT2D eigenvalue weighted by Gasteiger charge is -2.37. The van der Waals surface area contributed by atoms with E-state index in [0.717, 1.165) is 12.8 Å². The summed E-state index contributed by atoms with van der Waals surface area (Å²) in [5, 5.41) is 0. The third kappa shape index (κ3) is 1.27. The number of hydrogen-bond donors (Lipinski definition) is 0. The highest BCUT2D eigenvalue weighted by Gasteiger charge is 2.67. The van der Waals surface area contributed by atoms with Crippen molar-refractivity contribution in [1.29, 1.82) is 0 Å². The second-order valence-corrected chi connectivity index (χ2v) is 7.49. The van der Waals surface area contributed by atoms with Crippen molar-refractivity contribution in [1.82, 2.24) is 4.90 Å². The first-order chi connectivity index (χ1) is 9.77. The molecule has 4 fully saturated rings. The molecule has 6 rings (SSSR count). The van der Waals surface area contributed by atoms with Crippen LogP contribution in [0.25, 0.3) is 0 Å². The molecular formula is C17H21NO2. The number of likely N-dealkylation sites (tertiary alicyclic amines) is 1. The van der Waals surface area contributed by atoms with Gasteiger partial charge in [-0.15, -0.1) is 0 Å². The lowest BCUT2D eigenvalue weighted by Crippen LogP contribution is -2.42. The van der Waals surface area contributed by atoms with Crippen molar-refractivity contribution in [3.05, 3.63) is 12.2 Å². The van der Waals surface area contributed by atoms with Crippen LogP contribution in [0, 0.1) is 35.5 Å². The minimum atomic E-state index is 0.00294. The van der Waals surface area contributed by atoms with Gasteiger partial charge in [-0.2, -0.15) is 0 Å². The first kappa shape index (κ1) is 11.5. The van der Waals surface area contributed by atoms with Gasteiger partial charge in [0, 0.05) is 6.04 Å². The zero-order chi connectivity index (χ0) is 13.4. The first-order valence-corrected chi connectivity index (χ1v) is 8.32. The average molecular weight is 271 g/mol. The molecule has 6 unspecified atom stereocenters. The van der Waals surface area contributed by atoms with Crippen LogP contribution in [0.3, 0.4) is 0 Å². The number of carbonyl (C=O) groups is 2. The molecule has 5 aliphatic carbocycles. The fourth-order valence-electron chi connectivity index (χ4n) is 5.68. The van der Waals surface area contributed by atoms with Crippen LogP contribution < -0.4 is 0 Å². The molecule has 2 amide bonds. The molecule has 20 heavy (non-hydrogen) atoms. The molecule has 6 aliphatic rings. The molecule has 1 saturated heterocycles. The number of hydrogen-bond acceptors (Lipinski definition) is 2. The van der Waals surface area contributed by atoms with Crippen LogP contribution in [0.4, 0.5) is 0 Å². The average Bonchev–Trinajstić information content (AvgIpc) is 3.25. The van der Waals surface area contributed by atoms with Crippen molar-refractivity contribution >= 4 is 11.8 Å². The Bertz CT molecular complexity index is 483. The molecule has 2 bridgehead atoms. The van der Waals surface area contributed by atoms with Crippen molar-refractivity contribution in [2.45, 2.75) is 44.6 Å². The quantitative estimate of drug-likeness (QED) is 0.542. The van der Waals surface area contributed by atoms with Crippen LogP contribution in [0.1, 0.15) is 38.5 Å². The topological polar surface area (TPSA) is 37.4 Å². The van der Waals surface area contributed by atoms with E-state index in [-0.39, 0.29) is 29.7 Å². The van der Waals surface area contributed by atoms with Gasteiger partial charge in [-0.1, -0.05) is 31.4 Å². The zero-order valence-electron chi connectivity index (χ0n) is 11.7. The summed E-state index contributed by atoms with van der Waals surface area (Å²) in [6.07, 6.45) is 11.4. The summed E-state index contributed by atoms with van der Waals surface area (Å²) in [7, 11) is 0. The molecule has 3 saturated carbocycles. The van der Waals surface area contributed by atoms with E-state index >= 15 is 0 Å². The molecule has 0 aromatic heterocycles. The van der Waals surface area contributed by atoms with Crippen molar-refractivity contribution in [3.8, 4) is 0 Å². The Kier molecular flexibility index (Phi) is 2.16. The van der Waals surface area contributed by atoms with Crippen molar-refractivity contribution < 1.29 is 9.59 Å². The minimum Gasteiger partial charge on any atom is -0.279 e. The van der Waals surface area contributed by atoms with Crippen LogP contribution in [-0.4, -0.2) is 22.8 Å². The van der Waals surface area contributed by atoms with Gasteiger partial charge in [-0.3, -0.25) is 14.5 Å². The van der Waals surface area contributed by atoms with Crippen molar-refractivity contribution in [2.75, 3.05) is 0 Å². The minimum absolute atomic E-state index is 0.00294. The number of rotatable bonds is 1. The Morgan fingerprint density at radius 1 is 0.850 bits per heavy atom. The smallest absolute Gasteiger partial charge is 0.233 e. The fraction of sp³-hybridized carbons (Fsp3) is 0.765. The predicted molar refractivity (Wildman–Crippen MR) is 73.4 cm³/mol. The summed E-state index contributed by atoms with van der Waals surface area (Å²) < 4.78 is 0. The second-order valence-electron chi connectivity index (χ2n) is 7.49.